The monoisotopic (exact) mass is 209 g/mol. The largest absolute Gasteiger partial charge is 0.493 e. The number of hydrogen-bond acceptors (Lipinski definition) is 3. The summed E-state index contributed by atoms with van der Waals surface area (Å²) in [5, 5.41) is 4.27. The van der Waals surface area contributed by atoms with Gasteiger partial charge in [0, 0.05) is 6.04 Å². The third kappa shape index (κ3) is 2.83. The zero-order chi connectivity index (χ0) is 11.3. The van der Waals surface area contributed by atoms with Crippen molar-refractivity contribution in [1.29, 1.82) is 0 Å². The summed E-state index contributed by atoms with van der Waals surface area (Å²) >= 11 is 0. The van der Waals surface area contributed by atoms with E-state index in [1.54, 1.807) is 13.3 Å². The van der Waals surface area contributed by atoms with E-state index in [-0.39, 0.29) is 0 Å². The van der Waals surface area contributed by atoms with Crippen molar-refractivity contribution in [1.82, 2.24) is 9.78 Å². The molecule has 0 unspecified atom stereocenters. The number of nitrogens with zero attached hydrogens (tertiary/aromatic N) is 2. The Bertz CT molecular complexity index is 329. The van der Waals surface area contributed by atoms with Crippen LogP contribution in [0.25, 0.3) is 6.08 Å². The SMILES string of the molecule is COc1cnn(C(C)C)c1/C=C/CCN. The van der Waals surface area contributed by atoms with Gasteiger partial charge in [0.05, 0.1) is 13.3 Å². The van der Waals surface area contributed by atoms with Crippen molar-refractivity contribution < 1.29 is 4.74 Å². The predicted octanol–water partition coefficient (Wildman–Crippen LogP) is 1.83. The summed E-state index contributed by atoms with van der Waals surface area (Å²) in [7, 11) is 1.65. The lowest BCUT2D eigenvalue weighted by molar-refractivity contribution is 0.411. The van der Waals surface area contributed by atoms with Crippen LogP contribution in [0.15, 0.2) is 12.3 Å². The van der Waals surface area contributed by atoms with E-state index < -0.39 is 0 Å². The second kappa shape index (κ2) is 5.56. The van der Waals surface area contributed by atoms with Crippen LogP contribution in [-0.4, -0.2) is 23.4 Å². The number of nitrogens with two attached hydrogens (primary N) is 1. The van der Waals surface area contributed by atoms with Crippen LogP contribution in [0.3, 0.4) is 0 Å². The van der Waals surface area contributed by atoms with Gasteiger partial charge in [0.2, 0.25) is 0 Å². The van der Waals surface area contributed by atoms with Crippen molar-refractivity contribution in [3.63, 3.8) is 0 Å². The van der Waals surface area contributed by atoms with E-state index in [0.29, 0.717) is 12.6 Å². The Balaban J connectivity index is 2.94. The van der Waals surface area contributed by atoms with Crippen LogP contribution in [0, 0.1) is 0 Å². The topological polar surface area (TPSA) is 53.1 Å². The highest BCUT2D eigenvalue weighted by Gasteiger charge is 2.10. The highest BCUT2D eigenvalue weighted by Crippen LogP contribution is 2.22. The molecule has 0 bridgehead atoms. The van der Waals surface area contributed by atoms with Gasteiger partial charge >= 0.3 is 0 Å². The Kier molecular flexibility index (Phi) is 4.37. The molecule has 0 aliphatic rings. The molecule has 0 saturated heterocycles. The standard InChI is InChI=1S/C11H19N3O/c1-9(2)14-10(6-4-5-7-12)11(15-3)8-13-14/h4,6,8-9H,5,7,12H2,1-3H3/b6-4+. The first-order valence-corrected chi connectivity index (χ1v) is 5.18. The Hall–Kier alpha value is -1.29. The number of aromatic nitrogens is 2. The van der Waals surface area contributed by atoms with Crippen molar-refractivity contribution in [3.8, 4) is 5.75 Å². The van der Waals surface area contributed by atoms with Gasteiger partial charge in [-0.3, -0.25) is 4.68 Å². The van der Waals surface area contributed by atoms with E-state index in [4.69, 9.17) is 10.5 Å². The van der Waals surface area contributed by atoms with Crippen LogP contribution in [-0.2, 0) is 0 Å². The molecule has 0 atom stereocenters. The van der Waals surface area contributed by atoms with Gasteiger partial charge in [-0.1, -0.05) is 6.08 Å². The second-order valence-corrected chi connectivity index (χ2v) is 3.62. The minimum absolute atomic E-state index is 0.325. The molecule has 0 amide bonds. The molecule has 2 N–H and O–H groups in total. The first-order valence-electron chi connectivity index (χ1n) is 5.18. The van der Waals surface area contributed by atoms with Gasteiger partial charge in [-0.2, -0.15) is 5.10 Å². The maximum Gasteiger partial charge on any atom is 0.164 e. The Labute approximate surface area is 90.7 Å². The van der Waals surface area contributed by atoms with Crippen LogP contribution in [0.2, 0.25) is 0 Å². The molecule has 1 heterocycles. The van der Waals surface area contributed by atoms with Gasteiger partial charge in [-0.05, 0) is 32.9 Å². The van der Waals surface area contributed by atoms with E-state index in [9.17, 15) is 0 Å². The Morgan fingerprint density at radius 3 is 2.87 bits per heavy atom. The molecule has 1 rings (SSSR count). The van der Waals surface area contributed by atoms with Crippen LogP contribution in [0.1, 0.15) is 32.0 Å². The summed E-state index contributed by atoms with van der Waals surface area (Å²) in [6, 6.07) is 0.325. The molecule has 4 heteroatoms. The molecule has 0 fully saturated rings. The molecule has 0 saturated carbocycles. The number of hydrogen-bond donors (Lipinski definition) is 1. The van der Waals surface area contributed by atoms with Crippen molar-refractivity contribution in [2.75, 3.05) is 13.7 Å². The van der Waals surface area contributed by atoms with Crippen molar-refractivity contribution in [2.45, 2.75) is 26.3 Å². The van der Waals surface area contributed by atoms with Crippen molar-refractivity contribution in [3.05, 3.63) is 18.0 Å². The number of ether oxygens (including phenoxy) is 1. The second-order valence-electron chi connectivity index (χ2n) is 3.62. The van der Waals surface area contributed by atoms with E-state index in [0.717, 1.165) is 17.9 Å². The Morgan fingerprint density at radius 2 is 2.33 bits per heavy atom. The quantitative estimate of drug-likeness (QED) is 0.805. The lowest BCUT2D eigenvalue weighted by atomic mass is 10.3. The fraction of sp³-hybridized carbons (Fsp3) is 0.545. The average Bonchev–Trinajstić information content (AvgIpc) is 2.61. The van der Waals surface area contributed by atoms with Crippen LogP contribution in [0.4, 0.5) is 0 Å². The van der Waals surface area contributed by atoms with Gasteiger partial charge in [-0.15, -0.1) is 0 Å². The summed E-state index contributed by atoms with van der Waals surface area (Å²) < 4.78 is 7.18. The molecule has 0 radical (unpaired) electrons. The molecule has 0 aliphatic carbocycles. The molecule has 0 aromatic carbocycles. The zero-order valence-electron chi connectivity index (χ0n) is 9.60. The molecule has 84 valence electrons. The molecule has 0 spiro atoms. The van der Waals surface area contributed by atoms with Crippen molar-refractivity contribution >= 4 is 6.08 Å². The number of methoxy groups -OCH3 is 1. The van der Waals surface area contributed by atoms with Gasteiger partial charge in [0.15, 0.2) is 5.75 Å². The molecule has 1 aromatic heterocycles. The maximum atomic E-state index is 5.43. The minimum atomic E-state index is 0.325. The minimum Gasteiger partial charge on any atom is -0.493 e. The maximum absolute atomic E-state index is 5.43. The summed E-state index contributed by atoms with van der Waals surface area (Å²) in [6.07, 6.45) is 6.66. The summed E-state index contributed by atoms with van der Waals surface area (Å²) in [5.74, 6) is 0.803. The molecule has 1 aromatic rings. The molecule has 4 nitrogen and oxygen atoms in total. The highest BCUT2D eigenvalue weighted by atomic mass is 16.5. The molecule has 0 aliphatic heterocycles. The predicted molar refractivity (Wildman–Crippen MR) is 61.9 cm³/mol. The average molecular weight is 209 g/mol. The van der Waals surface area contributed by atoms with Crippen LogP contribution >= 0.6 is 0 Å². The smallest absolute Gasteiger partial charge is 0.164 e. The molecular formula is C11H19N3O. The third-order valence-corrected chi connectivity index (χ3v) is 2.12. The Morgan fingerprint density at radius 1 is 1.60 bits per heavy atom. The summed E-state index contributed by atoms with van der Waals surface area (Å²) in [4.78, 5) is 0. The van der Waals surface area contributed by atoms with Gasteiger partial charge < -0.3 is 10.5 Å². The molecule has 15 heavy (non-hydrogen) atoms. The highest BCUT2D eigenvalue weighted by molar-refractivity contribution is 5.53. The number of rotatable bonds is 5. The van der Waals surface area contributed by atoms with Gasteiger partial charge in [0.25, 0.3) is 0 Å². The normalized spacial score (nSPS) is 11.5. The van der Waals surface area contributed by atoms with Crippen molar-refractivity contribution in [2.24, 2.45) is 5.73 Å². The van der Waals surface area contributed by atoms with Gasteiger partial charge in [0.1, 0.15) is 5.69 Å². The fourth-order valence-electron chi connectivity index (χ4n) is 1.37. The summed E-state index contributed by atoms with van der Waals surface area (Å²) in [5.41, 5.74) is 6.43. The van der Waals surface area contributed by atoms with Gasteiger partial charge in [-0.25, -0.2) is 0 Å². The van der Waals surface area contributed by atoms with Crippen LogP contribution < -0.4 is 10.5 Å². The first kappa shape index (κ1) is 11.8. The summed E-state index contributed by atoms with van der Waals surface area (Å²) in [6.45, 7) is 4.84. The fourth-order valence-corrected chi connectivity index (χ4v) is 1.37. The zero-order valence-corrected chi connectivity index (χ0v) is 9.60. The van der Waals surface area contributed by atoms with E-state index in [1.807, 2.05) is 16.8 Å². The molecular weight excluding hydrogens is 190 g/mol. The van der Waals surface area contributed by atoms with E-state index in [1.165, 1.54) is 0 Å². The van der Waals surface area contributed by atoms with E-state index in [2.05, 4.69) is 18.9 Å². The third-order valence-electron chi connectivity index (χ3n) is 2.12. The van der Waals surface area contributed by atoms with E-state index >= 15 is 0 Å². The van der Waals surface area contributed by atoms with Crippen LogP contribution in [0.5, 0.6) is 5.75 Å². The lowest BCUT2D eigenvalue weighted by Crippen LogP contribution is -2.05. The first-order chi connectivity index (χ1) is 7.20. The lowest BCUT2D eigenvalue weighted by Gasteiger charge is -2.08.